The van der Waals surface area contributed by atoms with Gasteiger partial charge in [0.1, 0.15) is 0 Å². The number of aliphatic imine (C=N–C) groups is 1. The number of esters is 1. The van der Waals surface area contributed by atoms with E-state index < -0.39 is 10.0 Å². The first kappa shape index (κ1) is 21.7. The molecule has 0 amide bonds. The first-order valence-electron chi connectivity index (χ1n) is 8.91. The van der Waals surface area contributed by atoms with Crippen molar-refractivity contribution in [3.8, 4) is 0 Å². The van der Waals surface area contributed by atoms with Crippen LogP contribution in [0.15, 0.2) is 4.99 Å². The number of carbonyl (C=O) groups excluding carboxylic acids is 1. The van der Waals surface area contributed by atoms with Crippen molar-refractivity contribution in [3.63, 3.8) is 0 Å². The van der Waals surface area contributed by atoms with Gasteiger partial charge in [-0.1, -0.05) is 0 Å². The lowest BCUT2D eigenvalue weighted by Crippen LogP contribution is -2.47. The minimum absolute atomic E-state index is 0.0257. The SMILES string of the molecule is CCOC(=O)C1CCN(C(=NC)NCCCN(C)S(=O)(=O)CC)CC1. The number of carbonyl (C=O) groups is 1. The van der Waals surface area contributed by atoms with Gasteiger partial charge in [-0.25, -0.2) is 12.7 Å². The van der Waals surface area contributed by atoms with Crippen molar-refractivity contribution in [2.45, 2.75) is 33.1 Å². The smallest absolute Gasteiger partial charge is 0.309 e. The number of hydrogen-bond donors (Lipinski definition) is 1. The molecule has 1 heterocycles. The summed E-state index contributed by atoms with van der Waals surface area (Å²) in [6.45, 7) is 6.53. The van der Waals surface area contributed by atoms with E-state index in [0.29, 0.717) is 26.1 Å². The molecule has 0 bridgehead atoms. The Morgan fingerprint density at radius 1 is 1.32 bits per heavy atom. The summed E-state index contributed by atoms with van der Waals surface area (Å²) in [5.41, 5.74) is 0. The summed E-state index contributed by atoms with van der Waals surface area (Å²) in [5.74, 6) is 0.782. The molecule has 0 saturated carbocycles. The summed E-state index contributed by atoms with van der Waals surface area (Å²) in [7, 11) is 0.212. The van der Waals surface area contributed by atoms with E-state index >= 15 is 0 Å². The number of likely N-dealkylation sites (tertiary alicyclic amines) is 1. The van der Waals surface area contributed by atoms with Crippen molar-refractivity contribution in [1.29, 1.82) is 0 Å². The monoisotopic (exact) mass is 376 g/mol. The van der Waals surface area contributed by atoms with Crippen molar-refractivity contribution in [3.05, 3.63) is 0 Å². The third-order valence-electron chi connectivity index (χ3n) is 4.40. The summed E-state index contributed by atoms with van der Waals surface area (Å²) in [6.07, 6.45) is 2.22. The minimum atomic E-state index is -3.12. The van der Waals surface area contributed by atoms with Gasteiger partial charge in [0.15, 0.2) is 5.96 Å². The van der Waals surface area contributed by atoms with Crippen LogP contribution in [0.2, 0.25) is 0 Å². The molecule has 1 fully saturated rings. The summed E-state index contributed by atoms with van der Waals surface area (Å²) in [6, 6.07) is 0. The first-order chi connectivity index (χ1) is 11.9. The molecule has 25 heavy (non-hydrogen) atoms. The van der Waals surface area contributed by atoms with E-state index in [9.17, 15) is 13.2 Å². The predicted octanol–water partition coefficient (Wildman–Crippen LogP) is 0.509. The van der Waals surface area contributed by atoms with E-state index in [1.54, 1.807) is 21.0 Å². The number of hydrogen-bond acceptors (Lipinski definition) is 5. The molecule has 0 aromatic heterocycles. The van der Waals surface area contributed by atoms with Crippen molar-refractivity contribution in [2.75, 3.05) is 52.6 Å². The maximum atomic E-state index is 11.8. The fourth-order valence-corrected chi connectivity index (χ4v) is 3.63. The van der Waals surface area contributed by atoms with Gasteiger partial charge in [0, 0.05) is 40.3 Å². The molecule has 1 aliphatic heterocycles. The van der Waals surface area contributed by atoms with E-state index in [1.165, 1.54) is 4.31 Å². The second-order valence-corrected chi connectivity index (χ2v) is 8.43. The van der Waals surface area contributed by atoms with Crippen molar-refractivity contribution in [2.24, 2.45) is 10.9 Å². The largest absolute Gasteiger partial charge is 0.466 e. The van der Waals surface area contributed by atoms with Crippen LogP contribution in [0.5, 0.6) is 0 Å². The molecule has 0 atom stereocenters. The van der Waals surface area contributed by atoms with Crippen molar-refractivity contribution < 1.29 is 17.9 Å². The van der Waals surface area contributed by atoms with Crippen molar-refractivity contribution >= 4 is 22.0 Å². The van der Waals surface area contributed by atoms with Gasteiger partial charge >= 0.3 is 5.97 Å². The Bertz CT molecular complexity index is 542. The number of guanidine groups is 1. The maximum absolute atomic E-state index is 11.8. The van der Waals surface area contributed by atoms with Gasteiger partial charge in [0.05, 0.1) is 18.3 Å². The van der Waals surface area contributed by atoms with Gasteiger partial charge < -0.3 is 15.0 Å². The lowest BCUT2D eigenvalue weighted by Gasteiger charge is -2.33. The van der Waals surface area contributed by atoms with Gasteiger partial charge in [-0.05, 0) is 33.1 Å². The van der Waals surface area contributed by atoms with Gasteiger partial charge in [0.25, 0.3) is 0 Å². The summed E-state index contributed by atoms with van der Waals surface area (Å²) >= 11 is 0. The third-order valence-corrected chi connectivity index (χ3v) is 6.26. The Balaban J connectivity index is 2.35. The number of ether oxygens (including phenoxy) is 1. The molecule has 1 aliphatic rings. The van der Waals surface area contributed by atoms with Crippen LogP contribution in [-0.4, -0.2) is 82.2 Å². The summed E-state index contributed by atoms with van der Waals surface area (Å²) in [5, 5.41) is 3.27. The van der Waals surface area contributed by atoms with Gasteiger partial charge in [-0.15, -0.1) is 0 Å². The number of nitrogens with one attached hydrogen (secondary N) is 1. The van der Waals surface area contributed by atoms with E-state index in [0.717, 1.165) is 31.9 Å². The molecule has 0 radical (unpaired) electrons. The number of nitrogens with zero attached hydrogens (tertiary/aromatic N) is 3. The number of piperidine rings is 1. The van der Waals surface area contributed by atoms with Crippen LogP contribution in [0, 0.1) is 5.92 Å². The van der Waals surface area contributed by atoms with Gasteiger partial charge in [-0.2, -0.15) is 0 Å². The molecule has 9 heteroatoms. The Hall–Kier alpha value is -1.35. The lowest BCUT2D eigenvalue weighted by atomic mass is 9.97. The molecule has 0 spiro atoms. The topological polar surface area (TPSA) is 91.3 Å². The fourth-order valence-electron chi connectivity index (χ4n) is 2.78. The van der Waals surface area contributed by atoms with Crippen LogP contribution in [0.25, 0.3) is 0 Å². The average Bonchev–Trinajstić information content (AvgIpc) is 2.62. The molecule has 146 valence electrons. The first-order valence-corrected chi connectivity index (χ1v) is 10.5. The molecule has 1 saturated heterocycles. The summed E-state index contributed by atoms with van der Waals surface area (Å²) < 4.78 is 29.9. The molecule has 8 nitrogen and oxygen atoms in total. The number of sulfonamides is 1. The van der Waals surface area contributed by atoms with E-state index in [2.05, 4.69) is 15.2 Å². The highest BCUT2D eigenvalue weighted by atomic mass is 32.2. The Morgan fingerprint density at radius 2 is 1.96 bits per heavy atom. The normalized spacial score (nSPS) is 17.0. The average molecular weight is 377 g/mol. The zero-order valence-corrected chi connectivity index (χ0v) is 16.6. The molecule has 0 aromatic carbocycles. The molecular weight excluding hydrogens is 344 g/mol. The summed E-state index contributed by atoms with van der Waals surface area (Å²) in [4.78, 5) is 18.2. The van der Waals surface area contributed by atoms with Crippen LogP contribution in [-0.2, 0) is 19.6 Å². The van der Waals surface area contributed by atoms with Gasteiger partial charge in [0.2, 0.25) is 10.0 Å². The second kappa shape index (κ2) is 10.6. The van der Waals surface area contributed by atoms with Crippen LogP contribution in [0.1, 0.15) is 33.1 Å². The van der Waals surface area contributed by atoms with Crippen LogP contribution < -0.4 is 5.32 Å². The molecular formula is C16H32N4O4S. The lowest BCUT2D eigenvalue weighted by molar-refractivity contribution is -0.149. The highest BCUT2D eigenvalue weighted by Crippen LogP contribution is 2.18. The van der Waals surface area contributed by atoms with Gasteiger partial charge in [-0.3, -0.25) is 9.79 Å². The highest BCUT2D eigenvalue weighted by molar-refractivity contribution is 7.89. The standard InChI is InChI=1S/C16H32N4O4S/c1-5-24-15(21)14-8-12-20(13-9-14)16(17-3)18-10-7-11-19(4)25(22,23)6-2/h14H,5-13H2,1-4H3,(H,17,18). The zero-order chi connectivity index (χ0) is 18.9. The van der Waals surface area contributed by atoms with Crippen molar-refractivity contribution in [1.82, 2.24) is 14.5 Å². The van der Waals surface area contributed by atoms with E-state index in [-0.39, 0.29) is 17.6 Å². The Kier molecular flexibility index (Phi) is 9.20. The zero-order valence-electron chi connectivity index (χ0n) is 15.8. The number of rotatable bonds is 8. The molecule has 1 N–H and O–H groups in total. The predicted molar refractivity (Wildman–Crippen MR) is 99.0 cm³/mol. The quantitative estimate of drug-likeness (QED) is 0.287. The van der Waals surface area contributed by atoms with Crippen LogP contribution >= 0.6 is 0 Å². The van der Waals surface area contributed by atoms with Crippen LogP contribution in [0.4, 0.5) is 0 Å². The minimum Gasteiger partial charge on any atom is -0.466 e. The molecule has 0 unspecified atom stereocenters. The Morgan fingerprint density at radius 3 is 2.48 bits per heavy atom. The molecule has 1 rings (SSSR count). The second-order valence-electron chi connectivity index (χ2n) is 6.06. The molecule has 0 aromatic rings. The van der Waals surface area contributed by atoms with Crippen LogP contribution in [0.3, 0.4) is 0 Å². The van der Waals surface area contributed by atoms with E-state index in [1.807, 2.05) is 6.92 Å². The maximum Gasteiger partial charge on any atom is 0.309 e. The third kappa shape index (κ3) is 6.81. The van der Waals surface area contributed by atoms with E-state index in [4.69, 9.17) is 4.74 Å². The highest BCUT2D eigenvalue weighted by Gasteiger charge is 2.27. The Labute approximate surface area is 151 Å². The fraction of sp³-hybridized carbons (Fsp3) is 0.875. The molecule has 0 aliphatic carbocycles.